The number of thioether (sulfide) groups is 1. The van der Waals surface area contributed by atoms with E-state index in [-0.39, 0.29) is 17.5 Å². The molecule has 0 aliphatic carbocycles. The maximum Gasteiger partial charge on any atom is 0.323 e. The topological polar surface area (TPSA) is 70.6 Å². The standard InChI is InChI=1S/C21H26N2O3S/c1-14-11-18(26-20(14)19(22-2)21(24)25)27-17-10-6-9-16(12-17)23-13-15-7-4-3-5-8-15/h3-10,12,14,18-20,22-23H,11,13H2,1-2H3,(H,24,25)/t14-,18?,19?,20-/m1/s1. The van der Waals surface area contributed by atoms with Gasteiger partial charge in [-0.1, -0.05) is 55.1 Å². The highest BCUT2D eigenvalue weighted by Crippen LogP contribution is 2.38. The zero-order valence-corrected chi connectivity index (χ0v) is 16.4. The number of likely N-dealkylation sites (N-methyl/N-ethyl adjacent to an activating group) is 1. The van der Waals surface area contributed by atoms with E-state index in [2.05, 4.69) is 47.9 Å². The second-order valence-electron chi connectivity index (χ2n) is 6.83. The Kier molecular flexibility index (Phi) is 6.77. The first-order valence-corrected chi connectivity index (χ1v) is 10.0. The number of ether oxygens (including phenoxy) is 1. The zero-order chi connectivity index (χ0) is 19.2. The third kappa shape index (κ3) is 5.25. The predicted octanol–water partition coefficient (Wildman–Crippen LogP) is 3.81. The van der Waals surface area contributed by atoms with Gasteiger partial charge in [0.25, 0.3) is 0 Å². The maximum absolute atomic E-state index is 11.4. The summed E-state index contributed by atoms with van der Waals surface area (Å²) in [5.74, 6) is -0.678. The number of anilines is 1. The minimum absolute atomic E-state index is 0.0374. The van der Waals surface area contributed by atoms with Crippen molar-refractivity contribution in [2.75, 3.05) is 12.4 Å². The Bertz CT molecular complexity index is 756. The Labute approximate surface area is 164 Å². The molecule has 27 heavy (non-hydrogen) atoms. The minimum Gasteiger partial charge on any atom is -0.480 e. The van der Waals surface area contributed by atoms with Gasteiger partial charge in [0.15, 0.2) is 0 Å². The van der Waals surface area contributed by atoms with Gasteiger partial charge in [0.2, 0.25) is 0 Å². The van der Waals surface area contributed by atoms with Crippen molar-refractivity contribution in [2.45, 2.75) is 42.4 Å². The van der Waals surface area contributed by atoms with Gasteiger partial charge in [0.1, 0.15) is 11.5 Å². The van der Waals surface area contributed by atoms with Gasteiger partial charge < -0.3 is 20.5 Å². The molecule has 0 radical (unpaired) electrons. The van der Waals surface area contributed by atoms with Crippen LogP contribution in [0.2, 0.25) is 0 Å². The molecule has 1 fully saturated rings. The van der Waals surface area contributed by atoms with E-state index in [1.165, 1.54) is 5.56 Å². The lowest BCUT2D eigenvalue weighted by Gasteiger charge is -2.22. The van der Waals surface area contributed by atoms with E-state index in [1.807, 2.05) is 24.3 Å². The molecule has 1 aliphatic heterocycles. The molecule has 0 aromatic heterocycles. The summed E-state index contributed by atoms with van der Waals surface area (Å²) >= 11 is 1.65. The first-order valence-electron chi connectivity index (χ1n) is 9.17. The first-order chi connectivity index (χ1) is 13.1. The minimum atomic E-state index is -0.868. The van der Waals surface area contributed by atoms with Gasteiger partial charge in [-0.3, -0.25) is 4.79 Å². The van der Waals surface area contributed by atoms with Crippen molar-refractivity contribution >= 4 is 23.4 Å². The molecule has 5 nitrogen and oxygen atoms in total. The molecule has 1 heterocycles. The fraction of sp³-hybridized carbons (Fsp3) is 0.381. The fourth-order valence-electron chi connectivity index (χ4n) is 3.35. The van der Waals surface area contributed by atoms with E-state index in [9.17, 15) is 9.90 Å². The van der Waals surface area contributed by atoms with Crippen LogP contribution in [0.3, 0.4) is 0 Å². The number of rotatable bonds is 8. The Morgan fingerprint density at radius 2 is 2.04 bits per heavy atom. The Balaban J connectivity index is 1.59. The number of hydrogen-bond acceptors (Lipinski definition) is 5. The molecule has 6 heteroatoms. The van der Waals surface area contributed by atoms with Gasteiger partial charge in [-0.05, 0) is 43.1 Å². The molecule has 144 valence electrons. The van der Waals surface area contributed by atoms with E-state index in [4.69, 9.17) is 4.74 Å². The smallest absolute Gasteiger partial charge is 0.323 e. The lowest BCUT2D eigenvalue weighted by molar-refractivity contribution is -0.143. The molecule has 3 rings (SSSR count). The molecule has 2 aromatic carbocycles. The molecule has 0 spiro atoms. The van der Waals surface area contributed by atoms with Crippen molar-refractivity contribution < 1.29 is 14.6 Å². The van der Waals surface area contributed by atoms with Crippen LogP contribution in [0.5, 0.6) is 0 Å². The number of nitrogens with one attached hydrogen (secondary N) is 2. The summed E-state index contributed by atoms with van der Waals surface area (Å²) in [7, 11) is 1.66. The molecule has 0 amide bonds. The lowest BCUT2D eigenvalue weighted by Crippen LogP contribution is -2.46. The molecular formula is C21H26N2O3S. The molecular weight excluding hydrogens is 360 g/mol. The summed E-state index contributed by atoms with van der Waals surface area (Å²) < 4.78 is 6.06. The normalized spacial score (nSPS) is 23.1. The summed E-state index contributed by atoms with van der Waals surface area (Å²) in [5.41, 5.74) is 2.26. The summed E-state index contributed by atoms with van der Waals surface area (Å²) in [4.78, 5) is 12.5. The number of carbonyl (C=O) groups is 1. The van der Waals surface area contributed by atoms with Gasteiger partial charge in [-0.15, -0.1) is 0 Å². The summed E-state index contributed by atoms with van der Waals surface area (Å²) in [5, 5.41) is 15.7. The highest BCUT2D eigenvalue weighted by atomic mass is 32.2. The van der Waals surface area contributed by atoms with Crippen molar-refractivity contribution in [2.24, 2.45) is 5.92 Å². The van der Waals surface area contributed by atoms with Crippen LogP contribution in [0.1, 0.15) is 18.9 Å². The van der Waals surface area contributed by atoms with Crippen molar-refractivity contribution in [1.82, 2.24) is 5.32 Å². The van der Waals surface area contributed by atoms with Crippen LogP contribution in [-0.2, 0) is 16.1 Å². The van der Waals surface area contributed by atoms with Crippen LogP contribution in [0.25, 0.3) is 0 Å². The monoisotopic (exact) mass is 386 g/mol. The Morgan fingerprint density at radius 1 is 1.26 bits per heavy atom. The van der Waals surface area contributed by atoms with Crippen LogP contribution in [0.15, 0.2) is 59.5 Å². The van der Waals surface area contributed by atoms with Crippen molar-refractivity contribution in [3.05, 3.63) is 60.2 Å². The van der Waals surface area contributed by atoms with Crippen molar-refractivity contribution in [3.63, 3.8) is 0 Å². The van der Waals surface area contributed by atoms with E-state index in [0.29, 0.717) is 0 Å². The van der Waals surface area contributed by atoms with Crippen molar-refractivity contribution in [3.8, 4) is 0 Å². The molecule has 2 aromatic rings. The second kappa shape index (κ2) is 9.26. The highest BCUT2D eigenvalue weighted by molar-refractivity contribution is 7.99. The SMILES string of the molecule is CNC(C(=O)O)[C@@H]1OC(Sc2cccc(NCc3ccccc3)c2)C[C@H]1C. The molecule has 3 N–H and O–H groups in total. The maximum atomic E-state index is 11.4. The van der Waals surface area contributed by atoms with Crippen LogP contribution in [-0.4, -0.2) is 35.7 Å². The van der Waals surface area contributed by atoms with Crippen LogP contribution < -0.4 is 10.6 Å². The number of carboxylic acid groups (broad SMARTS) is 1. The predicted molar refractivity (Wildman–Crippen MR) is 109 cm³/mol. The van der Waals surface area contributed by atoms with Gasteiger partial charge in [0, 0.05) is 17.1 Å². The molecule has 0 saturated carbocycles. The molecule has 1 saturated heterocycles. The Hall–Kier alpha value is -2.02. The van der Waals surface area contributed by atoms with Gasteiger partial charge in [0.05, 0.1) is 6.10 Å². The van der Waals surface area contributed by atoms with E-state index >= 15 is 0 Å². The van der Waals surface area contributed by atoms with Gasteiger partial charge >= 0.3 is 5.97 Å². The van der Waals surface area contributed by atoms with Crippen LogP contribution in [0, 0.1) is 5.92 Å². The van der Waals surface area contributed by atoms with E-state index in [0.717, 1.165) is 23.5 Å². The third-order valence-electron chi connectivity index (χ3n) is 4.78. The Morgan fingerprint density at radius 3 is 2.74 bits per heavy atom. The van der Waals surface area contributed by atoms with E-state index < -0.39 is 12.0 Å². The number of aliphatic carboxylic acids is 1. The van der Waals surface area contributed by atoms with Crippen LogP contribution >= 0.6 is 11.8 Å². The lowest BCUT2D eigenvalue weighted by atomic mass is 9.98. The zero-order valence-electron chi connectivity index (χ0n) is 15.6. The number of carboxylic acids is 1. The van der Waals surface area contributed by atoms with Crippen molar-refractivity contribution in [1.29, 1.82) is 0 Å². The largest absolute Gasteiger partial charge is 0.480 e. The van der Waals surface area contributed by atoms with E-state index in [1.54, 1.807) is 18.8 Å². The molecule has 4 atom stereocenters. The summed E-state index contributed by atoms with van der Waals surface area (Å²) in [6.45, 7) is 2.83. The quantitative estimate of drug-likeness (QED) is 0.641. The summed E-state index contributed by atoms with van der Waals surface area (Å²) in [6.07, 6.45) is 0.520. The number of benzene rings is 2. The highest BCUT2D eigenvalue weighted by Gasteiger charge is 2.40. The molecule has 2 unspecified atom stereocenters. The second-order valence-corrected chi connectivity index (χ2v) is 8.07. The average Bonchev–Trinajstić information content (AvgIpc) is 3.01. The molecule has 0 bridgehead atoms. The molecule has 1 aliphatic rings. The average molecular weight is 387 g/mol. The van der Waals surface area contributed by atoms with Crippen LogP contribution in [0.4, 0.5) is 5.69 Å². The van der Waals surface area contributed by atoms with Gasteiger partial charge in [-0.2, -0.15) is 0 Å². The number of hydrogen-bond donors (Lipinski definition) is 3. The summed E-state index contributed by atoms with van der Waals surface area (Å²) in [6, 6.07) is 17.9. The first kappa shape index (κ1) is 19.7. The fourth-order valence-corrected chi connectivity index (χ4v) is 4.58. The third-order valence-corrected chi connectivity index (χ3v) is 5.87. The van der Waals surface area contributed by atoms with Gasteiger partial charge in [-0.25, -0.2) is 0 Å².